The Bertz CT molecular complexity index is 354. The van der Waals surface area contributed by atoms with Crippen LogP contribution in [0, 0.1) is 0 Å². The van der Waals surface area contributed by atoms with Gasteiger partial charge in [0.25, 0.3) is 10.2 Å². The van der Waals surface area contributed by atoms with E-state index in [9.17, 15) is 13.5 Å². The number of rotatable bonds is 5. The van der Waals surface area contributed by atoms with Gasteiger partial charge in [-0.05, 0) is 25.7 Å². The fourth-order valence-electron chi connectivity index (χ4n) is 2.56. The van der Waals surface area contributed by atoms with Crippen molar-refractivity contribution in [3.63, 3.8) is 0 Å². The first kappa shape index (κ1) is 14.2. The minimum absolute atomic E-state index is 0.00265. The maximum absolute atomic E-state index is 12.2. The predicted molar refractivity (Wildman–Crippen MR) is 67.3 cm³/mol. The lowest BCUT2D eigenvalue weighted by molar-refractivity contribution is 0.113. The Hall–Kier alpha value is -0.210. The number of nitrogens with zero attached hydrogens (tertiary/aromatic N) is 1. The van der Waals surface area contributed by atoms with Crippen LogP contribution < -0.4 is 4.72 Å². The largest absolute Gasteiger partial charge is 0.395 e. The lowest BCUT2D eigenvalue weighted by Crippen LogP contribution is -2.51. The number of hydrogen-bond acceptors (Lipinski definition) is 4. The van der Waals surface area contributed by atoms with Crippen LogP contribution in [0.15, 0.2) is 0 Å². The van der Waals surface area contributed by atoms with Gasteiger partial charge in [-0.1, -0.05) is 6.42 Å². The van der Waals surface area contributed by atoms with E-state index in [1.807, 2.05) is 0 Å². The summed E-state index contributed by atoms with van der Waals surface area (Å²) in [4.78, 5) is 0. The predicted octanol–water partition coefficient (Wildman–Crippen LogP) is -0.153. The number of hydrogen-bond donors (Lipinski definition) is 2. The summed E-state index contributed by atoms with van der Waals surface area (Å²) >= 11 is 0. The molecule has 0 aromatic rings. The molecule has 18 heavy (non-hydrogen) atoms. The molecule has 2 N–H and O–H groups in total. The normalized spacial score (nSPS) is 30.7. The summed E-state index contributed by atoms with van der Waals surface area (Å²) in [6.07, 6.45) is 4.47. The van der Waals surface area contributed by atoms with Gasteiger partial charge < -0.3 is 9.84 Å². The highest BCUT2D eigenvalue weighted by Crippen LogP contribution is 2.19. The third-order valence-electron chi connectivity index (χ3n) is 3.61. The van der Waals surface area contributed by atoms with Crippen LogP contribution in [0.25, 0.3) is 0 Å². The van der Waals surface area contributed by atoms with Crippen molar-refractivity contribution >= 4 is 10.2 Å². The fourth-order valence-corrected chi connectivity index (χ4v) is 4.06. The molecule has 0 aliphatic carbocycles. The van der Waals surface area contributed by atoms with E-state index < -0.39 is 10.2 Å². The molecule has 2 fully saturated rings. The van der Waals surface area contributed by atoms with Crippen LogP contribution >= 0.6 is 0 Å². The Labute approximate surface area is 108 Å². The van der Waals surface area contributed by atoms with Crippen molar-refractivity contribution in [1.82, 2.24) is 9.03 Å². The smallest absolute Gasteiger partial charge is 0.279 e. The molecule has 0 amide bonds. The van der Waals surface area contributed by atoms with Crippen molar-refractivity contribution in [3.8, 4) is 0 Å². The van der Waals surface area contributed by atoms with Crippen LogP contribution in [0.4, 0.5) is 0 Å². The highest BCUT2D eigenvalue weighted by molar-refractivity contribution is 7.87. The lowest BCUT2D eigenvalue weighted by atomic mass is 10.1. The molecule has 2 aliphatic heterocycles. The molecule has 6 nitrogen and oxygen atoms in total. The molecule has 7 heteroatoms. The van der Waals surface area contributed by atoms with Crippen molar-refractivity contribution < 1.29 is 18.3 Å². The standard InChI is InChI=1S/C11H22N2O4S/c14-9-10-4-1-2-6-13(10)18(15,16)12-8-11-5-3-7-17-11/h10-12,14H,1-9H2. The molecule has 0 spiro atoms. The summed E-state index contributed by atoms with van der Waals surface area (Å²) in [5, 5.41) is 9.25. The van der Waals surface area contributed by atoms with Gasteiger partial charge in [-0.25, -0.2) is 0 Å². The highest BCUT2D eigenvalue weighted by Gasteiger charge is 2.32. The van der Waals surface area contributed by atoms with Crippen molar-refractivity contribution in [1.29, 1.82) is 0 Å². The van der Waals surface area contributed by atoms with E-state index in [1.54, 1.807) is 0 Å². The molecular formula is C11H22N2O4S. The summed E-state index contributed by atoms with van der Waals surface area (Å²) in [5.74, 6) is 0. The number of aliphatic hydroxyl groups excluding tert-OH is 1. The van der Waals surface area contributed by atoms with Gasteiger partial charge in [-0.15, -0.1) is 0 Å². The minimum Gasteiger partial charge on any atom is -0.395 e. The second-order valence-corrected chi connectivity index (χ2v) is 6.64. The van der Waals surface area contributed by atoms with Crippen LogP contribution in [0.5, 0.6) is 0 Å². The maximum atomic E-state index is 12.2. The maximum Gasteiger partial charge on any atom is 0.279 e. The van der Waals surface area contributed by atoms with Gasteiger partial charge in [0.15, 0.2) is 0 Å². The minimum atomic E-state index is -3.49. The molecule has 0 aromatic heterocycles. The molecule has 0 radical (unpaired) electrons. The van der Waals surface area contributed by atoms with Gasteiger partial charge in [-0.3, -0.25) is 0 Å². The zero-order chi connectivity index (χ0) is 13.0. The van der Waals surface area contributed by atoms with Gasteiger partial charge in [0, 0.05) is 25.7 Å². The van der Waals surface area contributed by atoms with Crippen LogP contribution in [-0.2, 0) is 14.9 Å². The molecule has 0 saturated carbocycles. The molecule has 2 heterocycles. The number of ether oxygens (including phenoxy) is 1. The zero-order valence-corrected chi connectivity index (χ0v) is 11.4. The highest BCUT2D eigenvalue weighted by atomic mass is 32.2. The third-order valence-corrected chi connectivity index (χ3v) is 5.24. The second kappa shape index (κ2) is 6.29. The Morgan fingerprint density at radius 2 is 2.11 bits per heavy atom. The molecule has 106 valence electrons. The van der Waals surface area contributed by atoms with Gasteiger partial charge in [0.05, 0.1) is 12.7 Å². The van der Waals surface area contributed by atoms with E-state index in [-0.39, 0.29) is 18.8 Å². The lowest BCUT2D eigenvalue weighted by Gasteiger charge is -2.33. The molecule has 2 unspecified atom stereocenters. The Morgan fingerprint density at radius 3 is 2.78 bits per heavy atom. The van der Waals surface area contributed by atoms with E-state index in [0.717, 1.165) is 38.7 Å². The van der Waals surface area contributed by atoms with Crippen molar-refractivity contribution in [3.05, 3.63) is 0 Å². The fraction of sp³-hybridized carbons (Fsp3) is 1.00. The van der Waals surface area contributed by atoms with Gasteiger partial charge in [-0.2, -0.15) is 17.4 Å². The molecular weight excluding hydrogens is 256 g/mol. The van der Waals surface area contributed by atoms with Gasteiger partial charge in [0.1, 0.15) is 0 Å². The van der Waals surface area contributed by atoms with E-state index in [2.05, 4.69) is 4.72 Å². The monoisotopic (exact) mass is 278 g/mol. The zero-order valence-electron chi connectivity index (χ0n) is 10.5. The van der Waals surface area contributed by atoms with Crippen molar-refractivity contribution in [2.24, 2.45) is 0 Å². The van der Waals surface area contributed by atoms with Crippen LogP contribution in [0.2, 0.25) is 0 Å². The van der Waals surface area contributed by atoms with Crippen molar-refractivity contribution in [2.45, 2.75) is 44.2 Å². The van der Waals surface area contributed by atoms with Gasteiger partial charge in [0.2, 0.25) is 0 Å². The van der Waals surface area contributed by atoms with E-state index in [1.165, 1.54) is 4.31 Å². The van der Waals surface area contributed by atoms with Gasteiger partial charge >= 0.3 is 0 Å². The van der Waals surface area contributed by atoms with Crippen molar-refractivity contribution in [2.75, 3.05) is 26.3 Å². The van der Waals surface area contributed by atoms with Crippen LogP contribution in [0.3, 0.4) is 0 Å². The first-order chi connectivity index (χ1) is 8.63. The number of aliphatic hydroxyl groups is 1. The number of nitrogens with one attached hydrogen (secondary N) is 1. The summed E-state index contributed by atoms with van der Waals surface area (Å²) < 4.78 is 33.7. The summed E-state index contributed by atoms with van der Waals surface area (Å²) in [5.41, 5.74) is 0. The quantitative estimate of drug-likeness (QED) is 0.733. The SMILES string of the molecule is O=S(=O)(NCC1CCCO1)N1CCCCC1CO. The van der Waals surface area contributed by atoms with E-state index in [0.29, 0.717) is 13.1 Å². The molecule has 2 rings (SSSR count). The van der Waals surface area contributed by atoms with Crippen LogP contribution in [0.1, 0.15) is 32.1 Å². The molecule has 2 saturated heterocycles. The topological polar surface area (TPSA) is 78.9 Å². The third kappa shape index (κ3) is 3.42. The molecule has 0 bridgehead atoms. The second-order valence-electron chi connectivity index (χ2n) is 4.93. The molecule has 2 atom stereocenters. The molecule has 2 aliphatic rings. The van der Waals surface area contributed by atoms with E-state index >= 15 is 0 Å². The Balaban J connectivity index is 1.91. The first-order valence-corrected chi connectivity index (χ1v) is 8.06. The average molecular weight is 278 g/mol. The molecule has 0 aromatic carbocycles. The average Bonchev–Trinajstić information content (AvgIpc) is 2.89. The Morgan fingerprint density at radius 1 is 1.28 bits per heavy atom. The number of piperidine rings is 1. The summed E-state index contributed by atoms with van der Waals surface area (Å²) in [7, 11) is -3.49. The first-order valence-electron chi connectivity index (χ1n) is 6.62. The van der Waals surface area contributed by atoms with E-state index in [4.69, 9.17) is 4.74 Å². The Kier molecular flexibility index (Phi) is 4.97. The summed E-state index contributed by atoms with van der Waals surface area (Å²) in [6, 6.07) is -0.277. The van der Waals surface area contributed by atoms with Crippen LogP contribution in [-0.4, -0.2) is 56.3 Å². The summed E-state index contributed by atoms with van der Waals surface area (Å²) in [6.45, 7) is 1.43.